The summed E-state index contributed by atoms with van der Waals surface area (Å²) in [5.74, 6) is 0. The summed E-state index contributed by atoms with van der Waals surface area (Å²) in [5.41, 5.74) is 2.10. The molecule has 0 radical (unpaired) electrons. The molecule has 1 aliphatic heterocycles. The average Bonchev–Trinajstić information content (AvgIpc) is 2.68. The Morgan fingerprint density at radius 1 is 1.04 bits per heavy atom. The highest BCUT2D eigenvalue weighted by Crippen LogP contribution is 2.24. The molecule has 1 fully saturated rings. The van der Waals surface area contributed by atoms with Gasteiger partial charge in [-0.25, -0.2) is 4.79 Å². The van der Waals surface area contributed by atoms with E-state index in [-0.39, 0.29) is 24.8 Å². The third-order valence-electron chi connectivity index (χ3n) is 4.67. The van der Waals surface area contributed by atoms with Crippen molar-refractivity contribution in [3.05, 3.63) is 71.8 Å². The predicted octanol–water partition coefficient (Wildman–Crippen LogP) is 3.57. The minimum atomic E-state index is -0.320. The summed E-state index contributed by atoms with van der Waals surface area (Å²) in [4.78, 5) is 25.1. The molecule has 5 nitrogen and oxygen atoms in total. The highest BCUT2D eigenvalue weighted by molar-refractivity contribution is 5.68. The van der Waals surface area contributed by atoms with E-state index in [0.29, 0.717) is 32.3 Å². The predicted molar refractivity (Wildman–Crippen MR) is 97.4 cm³/mol. The second-order valence-electron chi connectivity index (χ2n) is 6.46. The molecule has 26 heavy (non-hydrogen) atoms. The Morgan fingerprint density at radius 3 is 2.35 bits per heavy atom. The van der Waals surface area contributed by atoms with Crippen LogP contribution in [0.2, 0.25) is 0 Å². The molecule has 2 atom stereocenters. The van der Waals surface area contributed by atoms with Gasteiger partial charge in [-0.3, -0.25) is 4.79 Å². The minimum Gasteiger partial charge on any atom is -0.464 e. The Morgan fingerprint density at radius 2 is 1.69 bits per heavy atom. The molecule has 136 valence electrons. The standard InChI is InChI=1S/C21H23NO4/c23-16-26-20-11-12-22(19(14-20)13-17-7-3-1-4-8-17)21(24)25-15-18-9-5-2-6-10-18/h1-10,16,19-20H,11-15H2/t19-,20+/m1/s1. The smallest absolute Gasteiger partial charge is 0.410 e. The third kappa shape index (κ3) is 4.85. The molecular weight excluding hydrogens is 330 g/mol. The SMILES string of the molecule is O=CO[C@H]1CCN(C(=O)OCc2ccccc2)[C@H](Cc2ccccc2)C1. The van der Waals surface area contributed by atoms with Crippen molar-refractivity contribution in [1.82, 2.24) is 4.90 Å². The van der Waals surface area contributed by atoms with Crippen molar-refractivity contribution in [3.63, 3.8) is 0 Å². The fraction of sp³-hybridized carbons (Fsp3) is 0.333. The van der Waals surface area contributed by atoms with E-state index in [0.717, 1.165) is 11.1 Å². The molecule has 0 aromatic heterocycles. The quantitative estimate of drug-likeness (QED) is 0.745. The van der Waals surface area contributed by atoms with Gasteiger partial charge in [-0.05, 0) is 17.5 Å². The van der Waals surface area contributed by atoms with E-state index < -0.39 is 0 Å². The molecular formula is C21H23NO4. The largest absolute Gasteiger partial charge is 0.464 e. The summed E-state index contributed by atoms with van der Waals surface area (Å²) in [7, 11) is 0. The van der Waals surface area contributed by atoms with Crippen molar-refractivity contribution < 1.29 is 19.1 Å². The van der Waals surface area contributed by atoms with Crippen molar-refractivity contribution >= 4 is 12.6 Å². The monoisotopic (exact) mass is 353 g/mol. The zero-order chi connectivity index (χ0) is 18.2. The number of carbonyl (C=O) groups is 2. The van der Waals surface area contributed by atoms with Gasteiger partial charge in [0.05, 0.1) is 0 Å². The van der Waals surface area contributed by atoms with E-state index in [9.17, 15) is 9.59 Å². The van der Waals surface area contributed by atoms with Crippen LogP contribution in [0.3, 0.4) is 0 Å². The number of hydrogen-bond acceptors (Lipinski definition) is 4. The highest BCUT2D eigenvalue weighted by Gasteiger charge is 2.33. The minimum absolute atomic E-state index is 0.0561. The van der Waals surface area contributed by atoms with Crippen LogP contribution < -0.4 is 0 Å². The van der Waals surface area contributed by atoms with Gasteiger partial charge < -0.3 is 14.4 Å². The number of hydrogen-bond donors (Lipinski definition) is 0. The van der Waals surface area contributed by atoms with E-state index in [1.165, 1.54) is 0 Å². The van der Waals surface area contributed by atoms with Gasteiger partial charge in [-0.15, -0.1) is 0 Å². The lowest BCUT2D eigenvalue weighted by Gasteiger charge is -2.38. The van der Waals surface area contributed by atoms with Crippen LogP contribution in [-0.4, -0.2) is 36.2 Å². The van der Waals surface area contributed by atoms with Gasteiger partial charge in [0.25, 0.3) is 6.47 Å². The van der Waals surface area contributed by atoms with Gasteiger partial charge in [-0.1, -0.05) is 60.7 Å². The summed E-state index contributed by atoms with van der Waals surface area (Å²) in [6, 6.07) is 19.6. The van der Waals surface area contributed by atoms with Crippen LogP contribution >= 0.6 is 0 Å². The molecule has 0 N–H and O–H groups in total. The van der Waals surface area contributed by atoms with Gasteiger partial charge in [0.2, 0.25) is 0 Å². The lowest BCUT2D eigenvalue weighted by atomic mass is 9.94. The van der Waals surface area contributed by atoms with Crippen LogP contribution in [0, 0.1) is 0 Å². The third-order valence-corrected chi connectivity index (χ3v) is 4.67. The second-order valence-corrected chi connectivity index (χ2v) is 6.46. The number of nitrogens with zero attached hydrogens (tertiary/aromatic N) is 1. The van der Waals surface area contributed by atoms with E-state index in [4.69, 9.17) is 9.47 Å². The molecule has 0 bridgehead atoms. The van der Waals surface area contributed by atoms with Crippen LogP contribution in [0.5, 0.6) is 0 Å². The molecule has 3 rings (SSSR count). The summed E-state index contributed by atoms with van der Waals surface area (Å²) in [6.45, 7) is 1.26. The molecule has 1 aliphatic rings. The normalized spacial score (nSPS) is 19.6. The van der Waals surface area contributed by atoms with E-state index in [1.54, 1.807) is 4.90 Å². The first-order chi connectivity index (χ1) is 12.8. The van der Waals surface area contributed by atoms with Crippen molar-refractivity contribution in [2.24, 2.45) is 0 Å². The molecule has 5 heteroatoms. The molecule has 0 unspecified atom stereocenters. The van der Waals surface area contributed by atoms with Crippen LogP contribution in [-0.2, 0) is 27.3 Å². The fourth-order valence-electron chi connectivity index (χ4n) is 3.34. The molecule has 2 aromatic carbocycles. The van der Waals surface area contributed by atoms with Crippen molar-refractivity contribution in [3.8, 4) is 0 Å². The molecule has 1 heterocycles. The van der Waals surface area contributed by atoms with Gasteiger partial charge >= 0.3 is 6.09 Å². The Kier molecular flexibility index (Phi) is 6.25. The molecule has 1 saturated heterocycles. The van der Waals surface area contributed by atoms with Crippen LogP contribution in [0.25, 0.3) is 0 Å². The molecule has 2 aromatic rings. The van der Waals surface area contributed by atoms with Crippen LogP contribution in [0.1, 0.15) is 24.0 Å². The van der Waals surface area contributed by atoms with Gasteiger partial charge in [0, 0.05) is 25.4 Å². The first-order valence-corrected chi connectivity index (χ1v) is 8.86. The Bertz CT molecular complexity index is 704. The number of carbonyl (C=O) groups excluding carboxylic acids is 2. The Balaban J connectivity index is 1.65. The number of rotatable bonds is 6. The van der Waals surface area contributed by atoms with Crippen LogP contribution in [0.4, 0.5) is 4.79 Å². The number of likely N-dealkylation sites (tertiary alicyclic amines) is 1. The molecule has 0 spiro atoms. The lowest BCUT2D eigenvalue weighted by Crippen LogP contribution is -2.49. The second kappa shape index (κ2) is 9.04. The number of ether oxygens (including phenoxy) is 2. The van der Waals surface area contributed by atoms with Gasteiger partial charge in [0.1, 0.15) is 12.7 Å². The number of benzene rings is 2. The fourth-order valence-corrected chi connectivity index (χ4v) is 3.34. The molecule has 1 amide bonds. The van der Waals surface area contributed by atoms with Crippen molar-refractivity contribution in [2.45, 2.75) is 38.0 Å². The zero-order valence-corrected chi connectivity index (χ0v) is 14.6. The Hall–Kier alpha value is -2.82. The number of amides is 1. The first kappa shape index (κ1) is 18.0. The van der Waals surface area contributed by atoms with E-state index in [1.807, 2.05) is 60.7 Å². The maximum absolute atomic E-state index is 12.6. The van der Waals surface area contributed by atoms with Gasteiger partial charge in [-0.2, -0.15) is 0 Å². The summed E-state index contributed by atoms with van der Waals surface area (Å²) < 4.78 is 10.7. The highest BCUT2D eigenvalue weighted by atomic mass is 16.6. The topological polar surface area (TPSA) is 55.8 Å². The maximum Gasteiger partial charge on any atom is 0.410 e. The molecule has 0 aliphatic carbocycles. The first-order valence-electron chi connectivity index (χ1n) is 8.86. The van der Waals surface area contributed by atoms with Crippen molar-refractivity contribution in [2.75, 3.05) is 6.54 Å². The maximum atomic E-state index is 12.6. The number of piperidine rings is 1. The zero-order valence-electron chi connectivity index (χ0n) is 14.6. The summed E-state index contributed by atoms with van der Waals surface area (Å²) in [6.07, 6.45) is 1.48. The van der Waals surface area contributed by atoms with Gasteiger partial charge in [0.15, 0.2) is 0 Å². The van der Waals surface area contributed by atoms with E-state index >= 15 is 0 Å². The Labute approximate surface area is 153 Å². The summed E-state index contributed by atoms with van der Waals surface area (Å²) in [5, 5.41) is 0. The van der Waals surface area contributed by atoms with E-state index in [2.05, 4.69) is 0 Å². The van der Waals surface area contributed by atoms with Crippen molar-refractivity contribution in [1.29, 1.82) is 0 Å². The molecule has 0 saturated carbocycles. The van der Waals surface area contributed by atoms with Crippen LogP contribution in [0.15, 0.2) is 60.7 Å². The summed E-state index contributed by atoms with van der Waals surface area (Å²) >= 11 is 0. The lowest BCUT2D eigenvalue weighted by molar-refractivity contribution is -0.136. The average molecular weight is 353 g/mol.